The molecule has 1 aliphatic heterocycles. The summed E-state index contributed by atoms with van der Waals surface area (Å²) in [7, 11) is 0. The molecule has 2 N–H and O–H groups in total. The number of imide groups is 1. The highest BCUT2D eigenvalue weighted by Crippen LogP contribution is 2.37. The Morgan fingerprint density at radius 1 is 0.970 bits per heavy atom. The monoisotopic (exact) mass is 451 g/mol. The van der Waals surface area contributed by atoms with Crippen LogP contribution in [0.5, 0.6) is 0 Å². The van der Waals surface area contributed by atoms with Crippen molar-refractivity contribution in [3.8, 4) is 0 Å². The lowest BCUT2D eigenvalue weighted by Crippen LogP contribution is -2.50. The van der Waals surface area contributed by atoms with Gasteiger partial charge in [-0.2, -0.15) is 0 Å². The summed E-state index contributed by atoms with van der Waals surface area (Å²) >= 11 is 0. The fraction of sp³-hybridized carbons (Fsp3) is 0.360. The van der Waals surface area contributed by atoms with Gasteiger partial charge in [-0.25, -0.2) is 4.79 Å². The molecule has 8 heteroatoms. The summed E-state index contributed by atoms with van der Waals surface area (Å²) < 4.78 is 5.35. The second kappa shape index (κ2) is 10.3. The van der Waals surface area contributed by atoms with E-state index in [1.54, 1.807) is 17.0 Å². The number of hydrogen-bond acceptors (Lipinski definition) is 5. The Hall–Kier alpha value is -3.68. The number of hydrogen-bond donors (Lipinski definition) is 2. The van der Waals surface area contributed by atoms with Crippen LogP contribution in [0, 0.1) is 13.8 Å². The molecule has 0 aliphatic carbocycles. The molecule has 0 spiro atoms. The van der Waals surface area contributed by atoms with Gasteiger partial charge in [-0.1, -0.05) is 36.4 Å². The van der Waals surface area contributed by atoms with E-state index in [2.05, 4.69) is 10.6 Å². The van der Waals surface area contributed by atoms with Crippen molar-refractivity contribution in [1.82, 2.24) is 10.2 Å². The van der Waals surface area contributed by atoms with Gasteiger partial charge in [0.05, 0.1) is 5.41 Å². The zero-order chi connectivity index (χ0) is 24.0. The number of likely N-dealkylation sites (tertiary alicyclic amines) is 1. The maximum absolute atomic E-state index is 13.1. The van der Waals surface area contributed by atoms with Crippen LogP contribution in [0.25, 0.3) is 0 Å². The van der Waals surface area contributed by atoms with Crippen LogP contribution in [0.1, 0.15) is 36.5 Å². The Balaban J connectivity index is 1.60. The number of esters is 1. The van der Waals surface area contributed by atoms with Crippen LogP contribution in [0.2, 0.25) is 0 Å². The summed E-state index contributed by atoms with van der Waals surface area (Å²) in [6.45, 7) is 5.65. The number of rotatable bonds is 5. The van der Waals surface area contributed by atoms with E-state index in [0.717, 1.165) is 16.7 Å². The van der Waals surface area contributed by atoms with Crippen LogP contribution in [0.4, 0.5) is 10.5 Å². The van der Waals surface area contributed by atoms with Crippen molar-refractivity contribution >= 4 is 29.5 Å². The number of aryl methyl sites for hydroxylation is 2. The predicted molar refractivity (Wildman–Crippen MR) is 124 cm³/mol. The van der Waals surface area contributed by atoms with E-state index < -0.39 is 29.9 Å². The SMILES string of the molecule is CC(=O)N1CCC(C(=O)OCC(=O)NC(=O)Nc2ccc(C)c(C)c2)(c2ccccc2)CC1. The van der Waals surface area contributed by atoms with Crippen LogP contribution in [0.15, 0.2) is 48.5 Å². The molecule has 174 valence electrons. The Morgan fingerprint density at radius 3 is 2.24 bits per heavy atom. The highest BCUT2D eigenvalue weighted by Gasteiger charge is 2.44. The van der Waals surface area contributed by atoms with Gasteiger partial charge in [0.25, 0.3) is 5.91 Å². The summed E-state index contributed by atoms with van der Waals surface area (Å²) in [5.41, 5.74) is 2.49. The van der Waals surface area contributed by atoms with Gasteiger partial charge >= 0.3 is 12.0 Å². The average molecular weight is 452 g/mol. The highest BCUT2D eigenvalue weighted by atomic mass is 16.5. The number of urea groups is 1. The number of ether oxygens (including phenoxy) is 1. The quantitative estimate of drug-likeness (QED) is 0.680. The van der Waals surface area contributed by atoms with E-state index >= 15 is 0 Å². The average Bonchev–Trinajstić information content (AvgIpc) is 2.80. The lowest BCUT2D eigenvalue weighted by atomic mass is 9.72. The number of piperidine rings is 1. The minimum Gasteiger partial charge on any atom is -0.455 e. The van der Waals surface area contributed by atoms with E-state index in [1.165, 1.54) is 6.92 Å². The van der Waals surface area contributed by atoms with Crippen molar-refractivity contribution in [1.29, 1.82) is 0 Å². The Kier molecular flexibility index (Phi) is 7.48. The third-order valence-corrected chi connectivity index (χ3v) is 6.13. The van der Waals surface area contributed by atoms with Crippen LogP contribution in [-0.2, 0) is 24.5 Å². The van der Waals surface area contributed by atoms with E-state index in [1.807, 2.05) is 50.2 Å². The Labute approximate surface area is 193 Å². The van der Waals surface area contributed by atoms with Gasteiger partial charge in [-0.15, -0.1) is 0 Å². The Morgan fingerprint density at radius 2 is 1.64 bits per heavy atom. The van der Waals surface area contributed by atoms with E-state index in [-0.39, 0.29) is 5.91 Å². The number of nitrogens with one attached hydrogen (secondary N) is 2. The molecule has 33 heavy (non-hydrogen) atoms. The molecule has 0 bridgehead atoms. The summed E-state index contributed by atoms with van der Waals surface area (Å²) in [5, 5.41) is 4.77. The molecular formula is C25H29N3O5. The van der Waals surface area contributed by atoms with E-state index in [4.69, 9.17) is 4.74 Å². The van der Waals surface area contributed by atoms with Gasteiger partial charge in [-0.3, -0.25) is 19.7 Å². The van der Waals surface area contributed by atoms with Gasteiger partial charge in [-0.05, 0) is 55.5 Å². The minimum absolute atomic E-state index is 0.0424. The molecule has 4 amide bonds. The Bertz CT molecular complexity index is 1040. The van der Waals surface area contributed by atoms with Crippen LogP contribution in [0.3, 0.4) is 0 Å². The number of nitrogens with zero attached hydrogens (tertiary/aromatic N) is 1. The van der Waals surface area contributed by atoms with Crippen molar-refractivity contribution in [2.24, 2.45) is 0 Å². The first-order valence-electron chi connectivity index (χ1n) is 10.9. The normalized spacial score (nSPS) is 14.8. The van der Waals surface area contributed by atoms with Crippen molar-refractivity contribution < 1.29 is 23.9 Å². The highest BCUT2D eigenvalue weighted by molar-refractivity contribution is 6.02. The topological polar surface area (TPSA) is 105 Å². The molecule has 1 heterocycles. The zero-order valence-electron chi connectivity index (χ0n) is 19.1. The maximum Gasteiger partial charge on any atom is 0.325 e. The molecule has 8 nitrogen and oxygen atoms in total. The van der Waals surface area contributed by atoms with Gasteiger partial charge in [0.1, 0.15) is 0 Å². The van der Waals surface area contributed by atoms with Crippen LogP contribution >= 0.6 is 0 Å². The summed E-state index contributed by atoms with van der Waals surface area (Å²) in [6, 6.07) is 13.9. The third kappa shape index (κ3) is 5.77. The van der Waals surface area contributed by atoms with Crippen molar-refractivity contribution in [3.63, 3.8) is 0 Å². The predicted octanol–water partition coefficient (Wildman–Crippen LogP) is 3.08. The summed E-state index contributed by atoms with van der Waals surface area (Å²) in [5.74, 6) is -1.31. The van der Waals surface area contributed by atoms with Gasteiger partial charge < -0.3 is 15.0 Å². The van der Waals surface area contributed by atoms with E-state index in [0.29, 0.717) is 31.6 Å². The molecule has 0 radical (unpaired) electrons. The number of carbonyl (C=O) groups is 4. The first kappa shape index (κ1) is 24.0. The summed E-state index contributed by atoms with van der Waals surface area (Å²) in [4.78, 5) is 50.9. The van der Waals surface area contributed by atoms with Crippen LogP contribution < -0.4 is 10.6 Å². The molecule has 0 aromatic heterocycles. The van der Waals surface area contributed by atoms with Gasteiger partial charge in [0, 0.05) is 25.7 Å². The molecule has 3 rings (SSSR count). The molecule has 0 unspecified atom stereocenters. The molecule has 1 fully saturated rings. The minimum atomic E-state index is -0.949. The lowest BCUT2D eigenvalue weighted by molar-refractivity contribution is -0.157. The maximum atomic E-state index is 13.1. The number of benzene rings is 2. The first-order chi connectivity index (χ1) is 15.7. The standard InChI is InChI=1S/C25H29N3O5/c1-17-9-10-21(15-18(17)2)26-24(32)27-22(30)16-33-23(31)25(20-7-5-4-6-8-20)11-13-28(14-12-25)19(3)29/h4-10,15H,11-14,16H2,1-3H3,(H2,26,27,30,32). The third-order valence-electron chi connectivity index (χ3n) is 6.13. The second-order valence-electron chi connectivity index (χ2n) is 8.33. The van der Waals surface area contributed by atoms with E-state index in [9.17, 15) is 19.2 Å². The molecule has 2 aromatic rings. The fourth-order valence-electron chi connectivity index (χ4n) is 3.98. The largest absolute Gasteiger partial charge is 0.455 e. The first-order valence-corrected chi connectivity index (χ1v) is 10.9. The number of carbonyl (C=O) groups excluding carboxylic acids is 4. The molecule has 2 aromatic carbocycles. The van der Waals surface area contributed by atoms with Crippen molar-refractivity contribution in [2.75, 3.05) is 25.0 Å². The zero-order valence-corrected chi connectivity index (χ0v) is 19.1. The molecular weight excluding hydrogens is 422 g/mol. The molecule has 1 aliphatic rings. The smallest absolute Gasteiger partial charge is 0.325 e. The molecule has 0 saturated carbocycles. The van der Waals surface area contributed by atoms with Gasteiger partial charge in [0.2, 0.25) is 5.91 Å². The van der Waals surface area contributed by atoms with Gasteiger partial charge in [0.15, 0.2) is 6.61 Å². The second-order valence-corrected chi connectivity index (χ2v) is 8.33. The van der Waals surface area contributed by atoms with Crippen molar-refractivity contribution in [3.05, 3.63) is 65.2 Å². The molecule has 0 atom stereocenters. The van der Waals surface area contributed by atoms with Crippen molar-refractivity contribution in [2.45, 2.75) is 39.0 Å². The fourth-order valence-corrected chi connectivity index (χ4v) is 3.98. The molecule has 1 saturated heterocycles. The lowest BCUT2D eigenvalue weighted by Gasteiger charge is -2.40. The van der Waals surface area contributed by atoms with Crippen LogP contribution in [-0.4, -0.2) is 48.4 Å². The summed E-state index contributed by atoms with van der Waals surface area (Å²) in [6.07, 6.45) is 0.786. The number of amides is 4. The number of anilines is 1.